The van der Waals surface area contributed by atoms with Gasteiger partial charge in [-0.05, 0) is 67.8 Å². The number of nitrogens with two attached hydrogens (primary N) is 1. The van der Waals surface area contributed by atoms with Gasteiger partial charge < -0.3 is 10.1 Å². The normalized spacial score (nSPS) is 11.1. The Morgan fingerprint density at radius 1 is 1.07 bits per heavy atom. The zero-order valence-corrected chi connectivity index (χ0v) is 16.9. The van der Waals surface area contributed by atoms with Crippen molar-refractivity contribution in [2.75, 3.05) is 11.9 Å². The van der Waals surface area contributed by atoms with Crippen molar-refractivity contribution >= 4 is 27.6 Å². The highest BCUT2D eigenvalue weighted by molar-refractivity contribution is 7.89. The molecule has 0 bridgehead atoms. The van der Waals surface area contributed by atoms with Crippen LogP contribution in [0.15, 0.2) is 41.3 Å². The molecule has 8 heteroatoms. The van der Waals surface area contributed by atoms with E-state index in [4.69, 9.17) is 9.88 Å². The lowest BCUT2D eigenvalue weighted by atomic mass is 10.1. The summed E-state index contributed by atoms with van der Waals surface area (Å²) in [7, 11) is -3.94. The molecule has 0 aliphatic rings. The predicted molar refractivity (Wildman–Crippen MR) is 107 cm³/mol. The van der Waals surface area contributed by atoms with E-state index in [2.05, 4.69) is 5.32 Å². The maximum Gasteiger partial charge on any atom is 0.338 e. The molecule has 7 nitrogen and oxygen atoms in total. The van der Waals surface area contributed by atoms with Gasteiger partial charge in [0.05, 0.1) is 17.1 Å². The fraction of sp³-hybridized carbons (Fsp3) is 0.300. The molecule has 2 rings (SSSR count). The van der Waals surface area contributed by atoms with Crippen LogP contribution in [0.1, 0.15) is 51.6 Å². The topological polar surface area (TPSA) is 116 Å². The first-order chi connectivity index (χ1) is 13.1. The van der Waals surface area contributed by atoms with E-state index in [9.17, 15) is 18.0 Å². The first-order valence-electron chi connectivity index (χ1n) is 8.86. The van der Waals surface area contributed by atoms with E-state index >= 15 is 0 Å². The van der Waals surface area contributed by atoms with Gasteiger partial charge >= 0.3 is 5.97 Å². The van der Waals surface area contributed by atoms with Gasteiger partial charge in [-0.1, -0.05) is 13.3 Å². The third-order valence-electron chi connectivity index (χ3n) is 4.30. The van der Waals surface area contributed by atoms with E-state index in [0.717, 1.165) is 12.8 Å². The lowest BCUT2D eigenvalue weighted by molar-refractivity contribution is 0.0499. The van der Waals surface area contributed by atoms with Crippen LogP contribution in [0, 0.1) is 13.8 Å². The average molecular weight is 404 g/mol. The van der Waals surface area contributed by atoms with Crippen molar-refractivity contribution < 1.29 is 22.7 Å². The molecule has 150 valence electrons. The molecule has 0 atom stereocenters. The van der Waals surface area contributed by atoms with Gasteiger partial charge in [0.15, 0.2) is 0 Å². The Morgan fingerprint density at radius 3 is 2.29 bits per heavy atom. The number of ether oxygens (including phenoxy) is 1. The molecule has 3 N–H and O–H groups in total. The highest BCUT2D eigenvalue weighted by Gasteiger charge is 2.17. The van der Waals surface area contributed by atoms with Gasteiger partial charge in [-0.15, -0.1) is 0 Å². The Hall–Kier alpha value is -2.71. The number of nitrogens with one attached hydrogen (secondary N) is 1. The van der Waals surface area contributed by atoms with Crippen LogP contribution in [0.4, 0.5) is 5.69 Å². The van der Waals surface area contributed by atoms with E-state index in [0.29, 0.717) is 29.0 Å². The van der Waals surface area contributed by atoms with E-state index in [1.54, 1.807) is 44.2 Å². The van der Waals surface area contributed by atoms with Crippen molar-refractivity contribution in [1.29, 1.82) is 0 Å². The average Bonchev–Trinajstić information content (AvgIpc) is 2.63. The molecule has 0 radical (unpaired) electrons. The van der Waals surface area contributed by atoms with Crippen LogP contribution in [0.2, 0.25) is 0 Å². The van der Waals surface area contributed by atoms with Crippen LogP contribution in [0.5, 0.6) is 0 Å². The minimum atomic E-state index is -3.94. The third kappa shape index (κ3) is 5.40. The molecule has 0 heterocycles. The lowest BCUT2D eigenvalue weighted by Crippen LogP contribution is -2.18. The van der Waals surface area contributed by atoms with E-state index < -0.39 is 21.9 Å². The monoisotopic (exact) mass is 404 g/mol. The molecule has 0 aliphatic carbocycles. The minimum Gasteiger partial charge on any atom is -0.462 e. The van der Waals surface area contributed by atoms with Gasteiger partial charge in [0.2, 0.25) is 10.0 Å². The highest BCUT2D eigenvalue weighted by Crippen LogP contribution is 2.21. The minimum absolute atomic E-state index is 0.0807. The molecule has 0 fully saturated rings. The first kappa shape index (κ1) is 21.6. The summed E-state index contributed by atoms with van der Waals surface area (Å²) >= 11 is 0. The van der Waals surface area contributed by atoms with Crippen molar-refractivity contribution in [1.82, 2.24) is 0 Å². The Balaban J connectivity index is 2.15. The van der Waals surface area contributed by atoms with Crippen LogP contribution in [-0.2, 0) is 14.8 Å². The highest BCUT2D eigenvalue weighted by atomic mass is 32.2. The molecule has 0 aliphatic heterocycles. The number of unbranched alkanes of at least 4 members (excludes halogenated alkanes) is 1. The van der Waals surface area contributed by atoms with Gasteiger partial charge in [-0.3, -0.25) is 4.79 Å². The molecule has 0 aromatic heterocycles. The second-order valence-corrected chi connectivity index (χ2v) is 8.01. The van der Waals surface area contributed by atoms with Gasteiger partial charge in [0.1, 0.15) is 0 Å². The van der Waals surface area contributed by atoms with Crippen LogP contribution in [0.3, 0.4) is 0 Å². The maximum absolute atomic E-state index is 12.5. The van der Waals surface area contributed by atoms with Crippen molar-refractivity contribution in [2.24, 2.45) is 5.14 Å². The van der Waals surface area contributed by atoms with Gasteiger partial charge in [0.25, 0.3) is 5.91 Å². The van der Waals surface area contributed by atoms with E-state index in [1.807, 2.05) is 6.92 Å². The maximum atomic E-state index is 12.5. The summed E-state index contributed by atoms with van der Waals surface area (Å²) in [5.74, 6) is -0.899. The summed E-state index contributed by atoms with van der Waals surface area (Å²) in [5.41, 5.74) is 2.17. The fourth-order valence-electron chi connectivity index (χ4n) is 2.54. The molecule has 28 heavy (non-hydrogen) atoms. The molecule has 2 aromatic rings. The Bertz CT molecular complexity index is 982. The summed E-state index contributed by atoms with van der Waals surface area (Å²) < 4.78 is 28.6. The number of esters is 1. The quantitative estimate of drug-likeness (QED) is 0.543. The number of anilines is 1. The second-order valence-electron chi connectivity index (χ2n) is 6.48. The van der Waals surface area contributed by atoms with Crippen molar-refractivity contribution in [2.45, 2.75) is 38.5 Å². The molecular formula is C20H24N2O5S. The largest absolute Gasteiger partial charge is 0.462 e. The zero-order chi connectivity index (χ0) is 20.9. The second kappa shape index (κ2) is 8.99. The Morgan fingerprint density at radius 2 is 1.71 bits per heavy atom. The number of hydrogen-bond donors (Lipinski definition) is 2. The van der Waals surface area contributed by atoms with Crippen molar-refractivity contribution in [3.63, 3.8) is 0 Å². The van der Waals surface area contributed by atoms with Crippen LogP contribution < -0.4 is 10.5 Å². The third-order valence-corrected chi connectivity index (χ3v) is 5.34. The molecule has 1 amide bonds. The molecule has 0 saturated heterocycles. The summed E-state index contributed by atoms with van der Waals surface area (Å²) in [6, 6.07) is 9.12. The van der Waals surface area contributed by atoms with Gasteiger partial charge in [-0.2, -0.15) is 0 Å². The van der Waals surface area contributed by atoms with Crippen LogP contribution in [-0.4, -0.2) is 26.9 Å². The predicted octanol–water partition coefficient (Wildman–Crippen LogP) is 3.16. The number of benzene rings is 2. The summed E-state index contributed by atoms with van der Waals surface area (Å²) in [5, 5.41) is 7.91. The summed E-state index contributed by atoms with van der Waals surface area (Å²) in [4.78, 5) is 24.3. The fourth-order valence-corrected chi connectivity index (χ4v) is 3.42. The number of carbonyl (C=O) groups excluding carboxylic acids is 2. The number of amides is 1. The lowest BCUT2D eigenvalue weighted by Gasteiger charge is -2.11. The van der Waals surface area contributed by atoms with Crippen LogP contribution in [0.25, 0.3) is 0 Å². The van der Waals surface area contributed by atoms with Gasteiger partial charge in [-0.25, -0.2) is 18.4 Å². The number of carbonyl (C=O) groups is 2. The van der Waals surface area contributed by atoms with Gasteiger partial charge in [0, 0.05) is 11.3 Å². The Kier molecular flexibility index (Phi) is 6.93. The zero-order valence-electron chi connectivity index (χ0n) is 16.1. The van der Waals surface area contributed by atoms with Crippen LogP contribution >= 0.6 is 0 Å². The molecule has 0 saturated carbocycles. The number of primary sulfonamides is 1. The molecule has 0 unspecified atom stereocenters. The number of hydrogen-bond acceptors (Lipinski definition) is 5. The number of rotatable bonds is 7. The number of sulfonamides is 1. The number of aryl methyl sites for hydroxylation is 1. The smallest absolute Gasteiger partial charge is 0.338 e. The standard InChI is InChI=1S/C20H24N2O5S/c1-4-5-10-27-20(24)15-6-8-17(9-7-15)22-19(23)16-11-13(2)14(3)18(12-16)28(21,25)26/h6-9,11-12H,4-5,10H2,1-3H3,(H,22,23)(H2,21,25,26). The van der Waals surface area contributed by atoms with E-state index in [1.165, 1.54) is 6.07 Å². The van der Waals surface area contributed by atoms with E-state index in [-0.39, 0.29) is 10.5 Å². The molecular weight excluding hydrogens is 380 g/mol. The molecule has 0 spiro atoms. The van der Waals surface area contributed by atoms with Crippen molar-refractivity contribution in [3.8, 4) is 0 Å². The Labute approximate surface area is 164 Å². The summed E-state index contributed by atoms with van der Waals surface area (Å²) in [6.07, 6.45) is 1.74. The SMILES string of the molecule is CCCCOC(=O)c1ccc(NC(=O)c2cc(C)c(C)c(S(N)(=O)=O)c2)cc1. The summed E-state index contributed by atoms with van der Waals surface area (Å²) in [6.45, 7) is 5.72. The first-order valence-corrected chi connectivity index (χ1v) is 10.4. The van der Waals surface area contributed by atoms with Crippen molar-refractivity contribution in [3.05, 3.63) is 58.7 Å². The molecule has 2 aromatic carbocycles.